The molecule has 0 atom stereocenters. The lowest BCUT2D eigenvalue weighted by Gasteiger charge is -2.03. The molecule has 6 nitrogen and oxygen atoms in total. The average molecular weight is 246 g/mol. The summed E-state index contributed by atoms with van der Waals surface area (Å²) in [5.74, 6) is 0.535. The van der Waals surface area contributed by atoms with Gasteiger partial charge in [0.1, 0.15) is 5.82 Å². The van der Waals surface area contributed by atoms with E-state index in [9.17, 15) is 10.1 Å². The van der Waals surface area contributed by atoms with E-state index < -0.39 is 4.92 Å². The van der Waals surface area contributed by atoms with Crippen molar-refractivity contribution in [3.8, 4) is 5.69 Å². The van der Waals surface area contributed by atoms with Gasteiger partial charge in [0.2, 0.25) is 0 Å². The zero-order chi connectivity index (χ0) is 13.1. The summed E-state index contributed by atoms with van der Waals surface area (Å²) in [6, 6.07) is 7.98. The van der Waals surface area contributed by atoms with Crippen LogP contribution in [0.5, 0.6) is 0 Å². The highest BCUT2D eigenvalue weighted by atomic mass is 16.6. The third-order valence-corrected chi connectivity index (χ3v) is 2.60. The smallest absolute Gasteiger partial charge is 0.269 e. The van der Waals surface area contributed by atoms with Gasteiger partial charge in [-0.15, -0.1) is 0 Å². The van der Waals surface area contributed by atoms with Gasteiger partial charge in [-0.05, 0) is 18.6 Å². The summed E-state index contributed by atoms with van der Waals surface area (Å²) in [5.41, 5.74) is 7.57. The number of nitrogens with two attached hydrogens (primary N) is 1. The first-order chi connectivity index (χ1) is 8.61. The largest absolute Gasteiger partial charge is 0.384 e. The molecule has 0 saturated heterocycles. The maximum Gasteiger partial charge on any atom is 0.269 e. The van der Waals surface area contributed by atoms with Crippen molar-refractivity contribution in [3.05, 3.63) is 46.1 Å². The third kappa shape index (κ3) is 2.32. The molecule has 0 spiro atoms. The molecule has 18 heavy (non-hydrogen) atoms. The number of nitro benzene ring substituents is 1. The van der Waals surface area contributed by atoms with Crippen LogP contribution in [-0.4, -0.2) is 14.7 Å². The van der Waals surface area contributed by atoms with Gasteiger partial charge >= 0.3 is 0 Å². The fraction of sp³-hybridized carbons (Fsp3) is 0.250. The molecule has 0 amide bonds. The first-order valence-corrected chi connectivity index (χ1v) is 5.71. The molecule has 0 aliphatic carbocycles. The van der Waals surface area contributed by atoms with Crippen molar-refractivity contribution in [1.82, 2.24) is 9.78 Å². The molecular weight excluding hydrogens is 232 g/mol. The topological polar surface area (TPSA) is 87.0 Å². The normalized spacial score (nSPS) is 10.5. The summed E-state index contributed by atoms with van der Waals surface area (Å²) < 4.78 is 1.59. The van der Waals surface area contributed by atoms with Gasteiger partial charge in [-0.2, -0.15) is 5.10 Å². The van der Waals surface area contributed by atoms with Gasteiger partial charge in [0.05, 0.1) is 16.3 Å². The van der Waals surface area contributed by atoms with Crippen LogP contribution in [-0.2, 0) is 6.42 Å². The number of anilines is 1. The number of hydrogen-bond donors (Lipinski definition) is 1. The van der Waals surface area contributed by atoms with Gasteiger partial charge in [-0.3, -0.25) is 10.1 Å². The van der Waals surface area contributed by atoms with Crippen molar-refractivity contribution in [3.63, 3.8) is 0 Å². The third-order valence-electron chi connectivity index (χ3n) is 2.60. The quantitative estimate of drug-likeness (QED) is 0.662. The second-order valence-corrected chi connectivity index (χ2v) is 4.00. The van der Waals surface area contributed by atoms with E-state index in [2.05, 4.69) is 12.0 Å². The molecule has 0 unspecified atom stereocenters. The maximum atomic E-state index is 10.6. The number of non-ortho nitro benzene ring substituents is 1. The molecule has 0 radical (unpaired) electrons. The summed E-state index contributed by atoms with van der Waals surface area (Å²) in [6.45, 7) is 2.07. The molecule has 0 saturated carbocycles. The van der Waals surface area contributed by atoms with Crippen molar-refractivity contribution in [1.29, 1.82) is 0 Å². The molecule has 1 heterocycles. The molecule has 6 heteroatoms. The highest BCUT2D eigenvalue weighted by Crippen LogP contribution is 2.18. The number of nitrogens with zero attached hydrogens (tertiary/aromatic N) is 3. The SMILES string of the molecule is CCCc1cc(N)n(-c2ccc([N+](=O)[O-])cc2)n1. The van der Waals surface area contributed by atoms with Crippen LogP contribution in [0.15, 0.2) is 30.3 Å². The van der Waals surface area contributed by atoms with Gasteiger partial charge in [0.25, 0.3) is 5.69 Å². The maximum absolute atomic E-state index is 10.6. The number of aryl methyl sites for hydroxylation is 1. The van der Waals surface area contributed by atoms with Gasteiger partial charge in [-0.25, -0.2) is 4.68 Å². The Hall–Kier alpha value is -2.37. The van der Waals surface area contributed by atoms with E-state index in [1.165, 1.54) is 12.1 Å². The zero-order valence-corrected chi connectivity index (χ0v) is 10.0. The van der Waals surface area contributed by atoms with Crippen molar-refractivity contribution in [2.45, 2.75) is 19.8 Å². The second-order valence-electron chi connectivity index (χ2n) is 4.00. The Morgan fingerprint density at radius 2 is 2.06 bits per heavy atom. The molecule has 0 bridgehead atoms. The van der Waals surface area contributed by atoms with Crippen LogP contribution in [0.25, 0.3) is 5.69 Å². The summed E-state index contributed by atoms with van der Waals surface area (Å²) >= 11 is 0. The minimum atomic E-state index is -0.432. The predicted molar refractivity (Wildman–Crippen MR) is 68.6 cm³/mol. The van der Waals surface area contributed by atoms with Gasteiger partial charge in [0, 0.05) is 18.2 Å². The van der Waals surface area contributed by atoms with E-state index in [1.54, 1.807) is 16.8 Å². The lowest BCUT2D eigenvalue weighted by molar-refractivity contribution is -0.384. The molecule has 2 aromatic rings. The Morgan fingerprint density at radius 1 is 1.39 bits per heavy atom. The van der Waals surface area contributed by atoms with Crippen LogP contribution in [0.2, 0.25) is 0 Å². The summed E-state index contributed by atoms with van der Waals surface area (Å²) in [7, 11) is 0. The van der Waals surface area contributed by atoms with Crippen LogP contribution in [0, 0.1) is 10.1 Å². The van der Waals surface area contributed by atoms with E-state index in [0.717, 1.165) is 24.2 Å². The molecule has 1 aromatic carbocycles. The number of nitro groups is 1. The Kier molecular flexibility index (Phi) is 3.27. The van der Waals surface area contributed by atoms with Gasteiger partial charge in [0.15, 0.2) is 0 Å². The minimum absolute atomic E-state index is 0.0539. The van der Waals surface area contributed by atoms with E-state index in [-0.39, 0.29) is 5.69 Å². The Morgan fingerprint density at radius 3 is 2.61 bits per heavy atom. The van der Waals surface area contributed by atoms with Crippen molar-refractivity contribution < 1.29 is 4.92 Å². The lowest BCUT2D eigenvalue weighted by Crippen LogP contribution is -2.02. The van der Waals surface area contributed by atoms with E-state index in [4.69, 9.17) is 5.73 Å². The highest BCUT2D eigenvalue weighted by Gasteiger charge is 2.09. The fourth-order valence-corrected chi connectivity index (χ4v) is 1.75. The van der Waals surface area contributed by atoms with E-state index >= 15 is 0 Å². The van der Waals surface area contributed by atoms with Crippen molar-refractivity contribution in [2.75, 3.05) is 5.73 Å². The molecule has 0 aliphatic heterocycles. The molecule has 2 N–H and O–H groups in total. The van der Waals surface area contributed by atoms with Crippen LogP contribution in [0.1, 0.15) is 19.0 Å². The van der Waals surface area contributed by atoms with Crippen molar-refractivity contribution >= 4 is 11.5 Å². The van der Waals surface area contributed by atoms with Gasteiger partial charge < -0.3 is 5.73 Å². The molecule has 0 fully saturated rings. The van der Waals surface area contributed by atoms with E-state index in [0.29, 0.717) is 5.82 Å². The first-order valence-electron chi connectivity index (χ1n) is 5.71. The number of benzene rings is 1. The molecular formula is C12H14N4O2. The van der Waals surface area contributed by atoms with Crippen LogP contribution in [0.3, 0.4) is 0 Å². The van der Waals surface area contributed by atoms with Crippen LogP contribution < -0.4 is 5.73 Å². The van der Waals surface area contributed by atoms with Crippen LogP contribution >= 0.6 is 0 Å². The van der Waals surface area contributed by atoms with E-state index in [1.807, 2.05) is 6.07 Å². The first kappa shape index (κ1) is 12.1. The van der Waals surface area contributed by atoms with Crippen LogP contribution in [0.4, 0.5) is 11.5 Å². The molecule has 94 valence electrons. The summed E-state index contributed by atoms with van der Waals surface area (Å²) in [4.78, 5) is 10.1. The summed E-state index contributed by atoms with van der Waals surface area (Å²) in [6.07, 6.45) is 1.86. The standard InChI is InChI=1S/C12H14N4O2/c1-2-3-9-8-12(13)15(14-9)10-4-6-11(7-5-10)16(17)18/h4-8H,2-3,13H2,1H3. The highest BCUT2D eigenvalue weighted by molar-refractivity contribution is 5.46. The summed E-state index contributed by atoms with van der Waals surface area (Å²) in [5, 5.41) is 14.9. The second kappa shape index (κ2) is 4.87. The Bertz CT molecular complexity index is 560. The molecule has 0 aliphatic rings. The zero-order valence-electron chi connectivity index (χ0n) is 10.0. The monoisotopic (exact) mass is 246 g/mol. The number of aromatic nitrogens is 2. The fourth-order valence-electron chi connectivity index (χ4n) is 1.75. The predicted octanol–water partition coefficient (Wildman–Crippen LogP) is 2.32. The molecule has 2 rings (SSSR count). The van der Waals surface area contributed by atoms with Gasteiger partial charge in [-0.1, -0.05) is 13.3 Å². The number of hydrogen-bond acceptors (Lipinski definition) is 4. The number of nitrogen functional groups attached to an aromatic ring is 1. The van der Waals surface area contributed by atoms with Crippen molar-refractivity contribution in [2.24, 2.45) is 0 Å². The number of rotatable bonds is 4. The molecule has 1 aromatic heterocycles. The Labute approximate surface area is 104 Å². The Balaban J connectivity index is 2.33. The average Bonchev–Trinajstić information content (AvgIpc) is 2.71. The minimum Gasteiger partial charge on any atom is -0.384 e. The lowest BCUT2D eigenvalue weighted by atomic mass is 10.2.